The molecule has 0 saturated heterocycles. The summed E-state index contributed by atoms with van der Waals surface area (Å²) in [6.45, 7) is -0.0123. The van der Waals surface area contributed by atoms with Crippen molar-refractivity contribution in [3.05, 3.63) is 28.8 Å². The number of amides is 1. The van der Waals surface area contributed by atoms with Crippen molar-refractivity contribution in [2.75, 3.05) is 11.9 Å². The molecule has 1 aliphatic rings. The average molecular weight is 321 g/mol. The summed E-state index contributed by atoms with van der Waals surface area (Å²) in [5, 5.41) is 5.58. The van der Waals surface area contributed by atoms with E-state index in [1.807, 2.05) is 0 Å². The molecule has 1 amide bonds. The van der Waals surface area contributed by atoms with E-state index in [1.54, 1.807) is 0 Å². The molecular weight excluding hydrogens is 305 g/mol. The normalized spacial score (nSPS) is 16.0. The number of carbonyl (C=O) groups is 1. The summed E-state index contributed by atoms with van der Waals surface area (Å²) in [7, 11) is 0. The van der Waals surface area contributed by atoms with Gasteiger partial charge in [0.15, 0.2) is 0 Å². The zero-order valence-electron chi connectivity index (χ0n) is 11.3. The molecule has 3 nitrogen and oxygen atoms in total. The van der Waals surface area contributed by atoms with Gasteiger partial charge in [-0.15, -0.1) is 0 Å². The lowest BCUT2D eigenvalue weighted by Gasteiger charge is -2.14. The number of alkyl halides is 3. The van der Waals surface area contributed by atoms with E-state index in [1.165, 1.54) is 6.07 Å². The van der Waals surface area contributed by atoms with Crippen LogP contribution in [0, 0.1) is 0 Å². The fourth-order valence-corrected chi connectivity index (χ4v) is 2.61. The molecule has 2 rings (SSSR count). The molecule has 0 bridgehead atoms. The minimum Gasteiger partial charge on any atom is -0.375 e. The zero-order chi connectivity index (χ0) is 15.5. The summed E-state index contributed by atoms with van der Waals surface area (Å²) in [6.07, 6.45) is -0.242. The highest BCUT2D eigenvalue weighted by molar-refractivity contribution is 6.33. The molecule has 0 aliphatic heterocycles. The lowest BCUT2D eigenvalue weighted by Crippen LogP contribution is -2.36. The Balaban J connectivity index is 1.89. The maximum Gasteiger partial charge on any atom is 0.416 e. The van der Waals surface area contributed by atoms with Crippen molar-refractivity contribution in [1.82, 2.24) is 5.32 Å². The first-order chi connectivity index (χ1) is 9.86. The molecule has 7 heteroatoms. The monoisotopic (exact) mass is 320 g/mol. The second-order valence-corrected chi connectivity index (χ2v) is 5.50. The molecule has 0 aromatic heterocycles. The highest BCUT2D eigenvalue weighted by Gasteiger charge is 2.30. The molecule has 116 valence electrons. The van der Waals surface area contributed by atoms with Crippen LogP contribution in [-0.2, 0) is 11.0 Å². The van der Waals surface area contributed by atoms with Crippen LogP contribution in [0.3, 0.4) is 0 Å². The van der Waals surface area contributed by atoms with Gasteiger partial charge in [0.05, 0.1) is 22.8 Å². The molecule has 2 N–H and O–H groups in total. The largest absolute Gasteiger partial charge is 0.416 e. The second kappa shape index (κ2) is 6.56. The molecular formula is C14H16ClF3N2O. The first-order valence-electron chi connectivity index (χ1n) is 6.76. The van der Waals surface area contributed by atoms with Crippen LogP contribution in [0.4, 0.5) is 18.9 Å². The number of rotatable bonds is 4. The summed E-state index contributed by atoms with van der Waals surface area (Å²) in [6, 6.07) is 3.22. The average Bonchev–Trinajstić information content (AvgIpc) is 2.89. The molecule has 1 fully saturated rings. The lowest BCUT2D eigenvalue weighted by atomic mass is 10.2. The van der Waals surface area contributed by atoms with E-state index in [0.717, 1.165) is 37.8 Å². The van der Waals surface area contributed by atoms with Crippen LogP contribution in [0.1, 0.15) is 31.2 Å². The van der Waals surface area contributed by atoms with Gasteiger partial charge >= 0.3 is 6.18 Å². The Kier molecular flexibility index (Phi) is 4.98. The third-order valence-corrected chi connectivity index (χ3v) is 3.77. The van der Waals surface area contributed by atoms with Gasteiger partial charge in [0.2, 0.25) is 5.91 Å². The molecule has 0 heterocycles. The number of anilines is 1. The summed E-state index contributed by atoms with van der Waals surface area (Å²) < 4.78 is 37.5. The predicted octanol–water partition coefficient (Wildman–Crippen LogP) is 3.83. The second-order valence-electron chi connectivity index (χ2n) is 5.09. The number of hydrogen-bond acceptors (Lipinski definition) is 2. The quantitative estimate of drug-likeness (QED) is 0.885. The van der Waals surface area contributed by atoms with Crippen molar-refractivity contribution >= 4 is 23.2 Å². The topological polar surface area (TPSA) is 41.1 Å². The fraction of sp³-hybridized carbons (Fsp3) is 0.500. The van der Waals surface area contributed by atoms with Crippen molar-refractivity contribution < 1.29 is 18.0 Å². The molecule has 0 atom stereocenters. The Hall–Kier alpha value is -1.43. The maximum absolute atomic E-state index is 12.5. The first-order valence-corrected chi connectivity index (χ1v) is 7.14. The number of carbonyl (C=O) groups excluding carboxylic acids is 1. The minimum atomic E-state index is -4.43. The Labute approximate surface area is 125 Å². The first kappa shape index (κ1) is 15.9. The Morgan fingerprint density at radius 3 is 2.52 bits per heavy atom. The SMILES string of the molecule is O=C(CNc1ccc(C(F)(F)F)cc1Cl)NC1CCCC1. The van der Waals surface area contributed by atoms with E-state index in [2.05, 4.69) is 10.6 Å². The van der Waals surface area contributed by atoms with Crippen LogP contribution in [0.15, 0.2) is 18.2 Å². The van der Waals surface area contributed by atoms with Crippen molar-refractivity contribution in [1.29, 1.82) is 0 Å². The zero-order valence-corrected chi connectivity index (χ0v) is 12.0. The minimum absolute atomic E-state index is 0.0123. The molecule has 0 spiro atoms. The van der Waals surface area contributed by atoms with E-state index >= 15 is 0 Å². The van der Waals surface area contributed by atoms with E-state index in [0.29, 0.717) is 5.69 Å². The van der Waals surface area contributed by atoms with Crippen molar-refractivity contribution in [2.45, 2.75) is 37.9 Å². The Morgan fingerprint density at radius 1 is 1.29 bits per heavy atom. The standard InChI is InChI=1S/C14H16ClF3N2O/c15-11-7-9(14(16,17)18)5-6-12(11)19-8-13(21)20-10-3-1-2-4-10/h5-7,10,19H,1-4,8H2,(H,20,21). The van der Waals surface area contributed by atoms with Gasteiger partial charge in [-0.2, -0.15) is 13.2 Å². The molecule has 1 aromatic carbocycles. The van der Waals surface area contributed by atoms with Gasteiger partial charge < -0.3 is 10.6 Å². The number of hydrogen-bond donors (Lipinski definition) is 2. The highest BCUT2D eigenvalue weighted by atomic mass is 35.5. The molecule has 0 unspecified atom stereocenters. The Morgan fingerprint density at radius 2 is 1.95 bits per heavy atom. The van der Waals surface area contributed by atoms with Crippen LogP contribution in [0.25, 0.3) is 0 Å². The van der Waals surface area contributed by atoms with Crippen LogP contribution in [-0.4, -0.2) is 18.5 Å². The summed E-state index contributed by atoms with van der Waals surface area (Å²) >= 11 is 5.79. The van der Waals surface area contributed by atoms with Gasteiger partial charge in [0.1, 0.15) is 0 Å². The van der Waals surface area contributed by atoms with Crippen molar-refractivity contribution in [3.8, 4) is 0 Å². The van der Waals surface area contributed by atoms with Crippen LogP contribution in [0.2, 0.25) is 5.02 Å². The molecule has 0 radical (unpaired) electrons. The molecule has 21 heavy (non-hydrogen) atoms. The highest BCUT2D eigenvalue weighted by Crippen LogP contribution is 2.33. The summed E-state index contributed by atoms with van der Waals surface area (Å²) in [5.41, 5.74) is -0.500. The number of halogens is 4. The fourth-order valence-electron chi connectivity index (χ4n) is 2.36. The lowest BCUT2D eigenvalue weighted by molar-refractivity contribution is -0.137. The number of nitrogens with one attached hydrogen (secondary N) is 2. The van der Waals surface area contributed by atoms with Gasteiger partial charge in [-0.05, 0) is 31.0 Å². The summed E-state index contributed by atoms with van der Waals surface area (Å²) in [4.78, 5) is 11.7. The molecule has 1 aliphatic carbocycles. The molecule has 1 saturated carbocycles. The van der Waals surface area contributed by atoms with E-state index < -0.39 is 11.7 Å². The van der Waals surface area contributed by atoms with Crippen molar-refractivity contribution in [3.63, 3.8) is 0 Å². The van der Waals surface area contributed by atoms with E-state index in [4.69, 9.17) is 11.6 Å². The van der Waals surface area contributed by atoms with Crippen LogP contribution in [0.5, 0.6) is 0 Å². The number of benzene rings is 1. The van der Waals surface area contributed by atoms with Gasteiger partial charge in [-0.1, -0.05) is 24.4 Å². The van der Waals surface area contributed by atoms with Gasteiger partial charge in [0.25, 0.3) is 0 Å². The smallest absolute Gasteiger partial charge is 0.375 e. The molecule has 1 aromatic rings. The van der Waals surface area contributed by atoms with Gasteiger partial charge in [-0.3, -0.25) is 4.79 Å². The van der Waals surface area contributed by atoms with Gasteiger partial charge in [-0.25, -0.2) is 0 Å². The van der Waals surface area contributed by atoms with E-state index in [-0.39, 0.29) is 23.5 Å². The van der Waals surface area contributed by atoms with Crippen LogP contribution >= 0.6 is 11.6 Å². The van der Waals surface area contributed by atoms with E-state index in [9.17, 15) is 18.0 Å². The van der Waals surface area contributed by atoms with Gasteiger partial charge in [0, 0.05) is 6.04 Å². The van der Waals surface area contributed by atoms with Crippen molar-refractivity contribution in [2.24, 2.45) is 0 Å². The maximum atomic E-state index is 12.5. The summed E-state index contributed by atoms with van der Waals surface area (Å²) in [5.74, 6) is -0.183. The predicted molar refractivity (Wildman–Crippen MR) is 75.3 cm³/mol. The van der Waals surface area contributed by atoms with Crippen LogP contribution < -0.4 is 10.6 Å². The Bertz CT molecular complexity index is 513. The third kappa shape index (κ3) is 4.52. The third-order valence-electron chi connectivity index (χ3n) is 3.46.